The van der Waals surface area contributed by atoms with Crippen LogP contribution >= 0.6 is 0 Å². The summed E-state index contributed by atoms with van der Waals surface area (Å²) in [6, 6.07) is 7.99. The van der Waals surface area contributed by atoms with E-state index in [2.05, 4.69) is 0 Å². The summed E-state index contributed by atoms with van der Waals surface area (Å²) >= 11 is 0. The molecule has 60 valence electrons. The molecule has 0 radical (unpaired) electrons. The van der Waals surface area contributed by atoms with Crippen LogP contribution < -0.4 is 5.73 Å². The lowest BCUT2D eigenvalue weighted by Gasteiger charge is -2.09. The highest BCUT2D eigenvalue weighted by Crippen LogP contribution is 2.11. The predicted molar refractivity (Wildman–Crippen MR) is 45.1 cm³/mol. The molecule has 2 N–H and O–H groups in total. The first-order valence-corrected chi connectivity index (χ1v) is 3.59. The van der Waals surface area contributed by atoms with Gasteiger partial charge in [-0.3, -0.25) is 0 Å². The van der Waals surface area contributed by atoms with E-state index in [-0.39, 0.29) is 6.23 Å². The minimum Gasteiger partial charge on any atom is -0.363 e. The molecule has 0 aliphatic rings. The van der Waals surface area contributed by atoms with Crippen molar-refractivity contribution in [3.63, 3.8) is 0 Å². The van der Waals surface area contributed by atoms with Crippen LogP contribution in [0.1, 0.15) is 17.4 Å². The largest absolute Gasteiger partial charge is 0.363 e. The van der Waals surface area contributed by atoms with E-state index in [1.807, 2.05) is 31.2 Å². The standard InChI is InChI=1S/C9H13NO/c1-7-4-3-5-8(6-7)9(10)11-2/h3-6,9H,10H2,1-2H3. The van der Waals surface area contributed by atoms with Crippen LogP contribution in [0.4, 0.5) is 0 Å². The topological polar surface area (TPSA) is 35.2 Å². The number of hydrogen-bond acceptors (Lipinski definition) is 2. The quantitative estimate of drug-likeness (QED) is 0.651. The zero-order valence-corrected chi connectivity index (χ0v) is 6.87. The summed E-state index contributed by atoms with van der Waals surface area (Å²) in [4.78, 5) is 0. The second-order valence-electron chi connectivity index (χ2n) is 2.57. The third kappa shape index (κ3) is 2.03. The molecular weight excluding hydrogens is 138 g/mol. The minimum atomic E-state index is -0.296. The van der Waals surface area contributed by atoms with Crippen LogP contribution in [0, 0.1) is 6.92 Å². The molecule has 0 bridgehead atoms. The minimum absolute atomic E-state index is 0.296. The highest BCUT2D eigenvalue weighted by Gasteiger charge is 2.01. The lowest BCUT2D eigenvalue weighted by Crippen LogP contribution is -2.11. The van der Waals surface area contributed by atoms with Crippen molar-refractivity contribution in [2.45, 2.75) is 13.2 Å². The molecule has 1 rings (SSSR count). The van der Waals surface area contributed by atoms with Crippen LogP contribution in [0.3, 0.4) is 0 Å². The van der Waals surface area contributed by atoms with Crippen LogP contribution in [-0.2, 0) is 4.74 Å². The average Bonchev–Trinajstić information content (AvgIpc) is 2.03. The Morgan fingerprint density at radius 2 is 2.18 bits per heavy atom. The van der Waals surface area contributed by atoms with Crippen molar-refractivity contribution >= 4 is 0 Å². The Morgan fingerprint density at radius 3 is 2.73 bits per heavy atom. The number of ether oxygens (including phenoxy) is 1. The molecule has 0 aliphatic carbocycles. The molecule has 1 atom stereocenters. The Balaban J connectivity index is 2.86. The maximum Gasteiger partial charge on any atom is 0.131 e. The van der Waals surface area contributed by atoms with E-state index in [0.29, 0.717) is 0 Å². The average molecular weight is 151 g/mol. The van der Waals surface area contributed by atoms with E-state index in [4.69, 9.17) is 10.5 Å². The van der Waals surface area contributed by atoms with E-state index in [9.17, 15) is 0 Å². The third-order valence-electron chi connectivity index (χ3n) is 1.62. The van der Waals surface area contributed by atoms with Gasteiger partial charge >= 0.3 is 0 Å². The Hall–Kier alpha value is -0.860. The van der Waals surface area contributed by atoms with Gasteiger partial charge in [0.1, 0.15) is 6.23 Å². The van der Waals surface area contributed by atoms with Crippen molar-refractivity contribution in [3.05, 3.63) is 35.4 Å². The predicted octanol–water partition coefficient (Wildman–Crippen LogP) is 1.60. The first kappa shape index (κ1) is 8.24. The van der Waals surface area contributed by atoms with Crippen molar-refractivity contribution in [1.29, 1.82) is 0 Å². The monoisotopic (exact) mass is 151 g/mol. The van der Waals surface area contributed by atoms with Gasteiger partial charge in [0, 0.05) is 7.11 Å². The highest BCUT2D eigenvalue weighted by molar-refractivity contribution is 5.23. The third-order valence-corrected chi connectivity index (χ3v) is 1.62. The highest BCUT2D eigenvalue weighted by atomic mass is 16.5. The molecule has 0 aliphatic heterocycles. The number of nitrogens with two attached hydrogens (primary N) is 1. The SMILES string of the molecule is COC(N)c1cccc(C)c1. The summed E-state index contributed by atoms with van der Waals surface area (Å²) in [5.41, 5.74) is 7.87. The molecule has 0 spiro atoms. The lowest BCUT2D eigenvalue weighted by molar-refractivity contribution is 0.109. The van der Waals surface area contributed by atoms with Crippen molar-refractivity contribution in [2.75, 3.05) is 7.11 Å². The van der Waals surface area contributed by atoms with Crippen molar-refractivity contribution in [1.82, 2.24) is 0 Å². The normalized spacial score (nSPS) is 13.0. The van der Waals surface area contributed by atoms with Crippen LogP contribution in [0.2, 0.25) is 0 Å². The van der Waals surface area contributed by atoms with Gasteiger partial charge < -0.3 is 10.5 Å². The fourth-order valence-electron chi connectivity index (χ4n) is 0.983. The smallest absolute Gasteiger partial charge is 0.131 e. The summed E-state index contributed by atoms with van der Waals surface area (Å²) in [6.07, 6.45) is -0.296. The first-order chi connectivity index (χ1) is 5.24. The second-order valence-corrected chi connectivity index (χ2v) is 2.57. The van der Waals surface area contributed by atoms with Crippen LogP contribution in [0.15, 0.2) is 24.3 Å². The number of benzene rings is 1. The molecule has 11 heavy (non-hydrogen) atoms. The lowest BCUT2D eigenvalue weighted by atomic mass is 10.1. The Kier molecular flexibility index (Phi) is 2.63. The van der Waals surface area contributed by atoms with E-state index in [0.717, 1.165) is 5.56 Å². The Bertz CT molecular complexity index is 235. The molecule has 1 aromatic rings. The molecular formula is C9H13NO. The summed E-state index contributed by atoms with van der Waals surface area (Å²) < 4.78 is 4.97. The summed E-state index contributed by atoms with van der Waals surface area (Å²) in [7, 11) is 1.60. The number of rotatable bonds is 2. The van der Waals surface area contributed by atoms with Gasteiger partial charge in [0.15, 0.2) is 0 Å². The van der Waals surface area contributed by atoms with E-state index < -0.39 is 0 Å². The van der Waals surface area contributed by atoms with Gasteiger partial charge in [0.25, 0.3) is 0 Å². The van der Waals surface area contributed by atoms with Crippen molar-refractivity contribution in [3.8, 4) is 0 Å². The van der Waals surface area contributed by atoms with Gasteiger partial charge in [-0.25, -0.2) is 0 Å². The molecule has 1 aromatic carbocycles. The van der Waals surface area contributed by atoms with Crippen molar-refractivity contribution in [2.24, 2.45) is 5.73 Å². The maximum atomic E-state index is 5.64. The molecule has 0 saturated heterocycles. The van der Waals surface area contributed by atoms with Crippen LogP contribution in [0.5, 0.6) is 0 Å². The number of aryl methyl sites for hydroxylation is 1. The molecule has 0 aromatic heterocycles. The molecule has 2 nitrogen and oxygen atoms in total. The van der Waals surface area contributed by atoms with Gasteiger partial charge in [0.05, 0.1) is 0 Å². The van der Waals surface area contributed by atoms with E-state index in [1.54, 1.807) is 7.11 Å². The zero-order valence-electron chi connectivity index (χ0n) is 6.87. The van der Waals surface area contributed by atoms with Gasteiger partial charge in [0.2, 0.25) is 0 Å². The summed E-state index contributed by atoms with van der Waals surface area (Å²) in [5, 5.41) is 0. The summed E-state index contributed by atoms with van der Waals surface area (Å²) in [5.74, 6) is 0. The van der Waals surface area contributed by atoms with Gasteiger partial charge in [-0.05, 0) is 12.5 Å². The maximum absolute atomic E-state index is 5.64. The van der Waals surface area contributed by atoms with Crippen LogP contribution in [0.25, 0.3) is 0 Å². The molecule has 0 saturated carbocycles. The molecule has 0 fully saturated rings. The first-order valence-electron chi connectivity index (χ1n) is 3.59. The van der Waals surface area contributed by atoms with E-state index >= 15 is 0 Å². The van der Waals surface area contributed by atoms with Gasteiger partial charge in [-0.15, -0.1) is 0 Å². The zero-order chi connectivity index (χ0) is 8.27. The van der Waals surface area contributed by atoms with Crippen LogP contribution in [-0.4, -0.2) is 7.11 Å². The Labute approximate surface area is 67.0 Å². The van der Waals surface area contributed by atoms with Crippen molar-refractivity contribution < 1.29 is 4.74 Å². The molecule has 0 heterocycles. The van der Waals surface area contributed by atoms with Gasteiger partial charge in [-0.1, -0.05) is 29.8 Å². The summed E-state index contributed by atoms with van der Waals surface area (Å²) in [6.45, 7) is 2.03. The number of hydrogen-bond donors (Lipinski definition) is 1. The Morgan fingerprint density at radius 1 is 1.45 bits per heavy atom. The molecule has 0 amide bonds. The fraction of sp³-hybridized carbons (Fsp3) is 0.333. The van der Waals surface area contributed by atoms with E-state index in [1.165, 1.54) is 5.56 Å². The molecule has 1 unspecified atom stereocenters. The fourth-order valence-corrected chi connectivity index (χ4v) is 0.983. The second kappa shape index (κ2) is 3.51. The number of methoxy groups -OCH3 is 1. The molecule has 2 heteroatoms. The van der Waals surface area contributed by atoms with Gasteiger partial charge in [-0.2, -0.15) is 0 Å².